The first-order valence-corrected chi connectivity index (χ1v) is 7.15. The van der Waals surface area contributed by atoms with E-state index in [1.165, 1.54) is 11.1 Å². The highest BCUT2D eigenvalue weighted by Gasteiger charge is 2.09. The van der Waals surface area contributed by atoms with Crippen LogP contribution in [0.3, 0.4) is 0 Å². The summed E-state index contributed by atoms with van der Waals surface area (Å²) in [6.07, 6.45) is 3.70. The number of hydrogen-bond acceptors (Lipinski definition) is 4. The Morgan fingerprint density at radius 1 is 1.14 bits per heavy atom. The van der Waals surface area contributed by atoms with Crippen molar-refractivity contribution >= 4 is 0 Å². The molecule has 0 atom stereocenters. The molecular weight excluding hydrogens is 264 g/mol. The number of para-hydroxylation sites is 1. The molecule has 1 heterocycles. The van der Waals surface area contributed by atoms with E-state index < -0.39 is 0 Å². The molecule has 0 bridgehead atoms. The van der Waals surface area contributed by atoms with Gasteiger partial charge in [0.1, 0.15) is 0 Å². The zero-order valence-electron chi connectivity index (χ0n) is 12.8. The summed E-state index contributed by atoms with van der Waals surface area (Å²) in [5.41, 5.74) is 3.54. The van der Waals surface area contributed by atoms with Gasteiger partial charge in [0, 0.05) is 31.0 Å². The van der Waals surface area contributed by atoms with Gasteiger partial charge in [-0.1, -0.05) is 12.1 Å². The maximum atomic E-state index is 5.59. The second-order valence-corrected chi connectivity index (χ2v) is 4.79. The van der Waals surface area contributed by atoms with Gasteiger partial charge in [-0.05, 0) is 37.1 Å². The summed E-state index contributed by atoms with van der Waals surface area (Å²) in [6, 6.07) is 8.00. The first-order chi connectivity index (χ1) is 10.3. The minimum atomic E-state index is 0.628. The standard InChI is InChI=1S/C17H22N2O2/c1-4-21-16-7-5-6-15(17(16)20-3)12-19-11-14-8-9-18-10-13(14)2/h5-10,19H,4,11-12H2,1-3H3. The normalized spacial score (nSPS) is 10.4. The first-order valence-electron chi connectivity index (χ1n) is 7.15. The second kappa shape index (κ2) is 7.64. The topological polar surface area (TPSA) is 43.4 Å². The third kappa shape index (κ3) is 3.95. The van der Waals surface area contributed by atoms with Gasteiger partial charge in [0.2, 0.25) is 0 Å². The van der Waals surface area contributed by atoms with E-state index in [-0.39, 0.29) is 0 Å². The number of aromatic nitrogens is 1. The van der Waals surface area contributed by atoms with Crippen LogP contribution in [0.4, 0.5) is 0 Å². The number of hydrogen-bond donors (Lipinski definition) is 1. The number of benzene rings is 1. The van der Waals surface area contributed by atoms with Crippen molar-refractivity contribution in [1.82, 2.24) is 10.3 Å². The Hall–Kier alpha value is -2.07. The average Bonchev–Trinajstić information content (AvgIpc) is 2.50. The summed E-state index contributed by atoms with van der Waals surface area (Å²) < 4.78 is 11.1. The third-order valence-electron chi connectivity index (χ3n) is 3.33. The summed E-state index contributed by atoms with van der Waals surface area (Å²) in [4.78, 5) is 4.11. The smallest absolute Gasteiger partial charge is 0.165 e. The number of rotatable bonds is 7. The lowest BCUT2D eigenvalue weighted by molar-refractivity contribution is 0.308. The molecular formula is C17H22N2O2. The molecule has 0 saturated carbocycles. The Kier molecular flexibility index (Phi) is 5.58. The van der Waals surface area contributed by atoms with Gasteiger partial charge in [-0.3, -0.25) is 4.98 Å². The summed E-state index contributed by atoms with van der Waals surface area (Å²) in [5.74, 6) is 1.60. The fraction of sp³-hybridized carbons (Fsp3) is 0.353. The maximum absolute atomic E-state index is 5.59. The molecule has 0 aliphatic rings. The molecule has 1 aromatic carbocycles. The predicted molar refractivity (Wildman–Crippen MR) is 83.7 cm³/mol. The molecule has 112 valence electrons. The van der Waals surface area contributed by atoms with Crippen LogP contribution in [0.2, 0.25) is 0 Å². The fourth-order valence-corrected chi connectivity index (χ4v) is 2.23. The number of nitrogens with zero attached hydrogens (tertiary/aromatic N) is 1. The van der Waals surface area contributed by atoms with Crippen LogP contribution in [-0.4, -0.2) is 18.7 Å². The molecule has 0 amide bonds. The van der Waals surface area contributed by atoms with E-state index in [0.717, 1.165) is 30.2 Å². The maximum Gasteiger partial charge on any atom is 0.165 e. The fourth-order valence-electron chi connectivity index (χ4n) is 2.23. The number of methoxy groups -OCH3 is 1. The summed E-state index contributed by atoms with van der Waals surface area (Å²) in [5, 5.41) is 3.44. The van der Waals surface area contributed by atoms with Crippen molar-refractivity contribution in [3.05, 3.63) is 53.3 Å². The Balaban J connectivity index is 2.03. The van der Waals surface area contributed by atoms with Crippen molar-refractivity contribution in [3.8, 4) is 11.5 Å². The van der Waals surface area contributed by atoms with E-state index in [0.29, 0.717) is 6.61 Å². The van der Waals surface area contributed by atoms with E-state index in [2.05, 4.69) is 17.2 Å². The third-order valence-corrected chi connectivity index (χ3v) is 3.33. The van der Waals surface area contributed by atoms with Gasteiger partial charge >= 0.3 is 0 Å². The number of pyridine rings is 1. The quantitative estimate of drug-likeness (QED) is 0.849. The zero-order chi connectivity index (χ0) is 15.1. The highest BCUT2D eigenvalue weighted by molar-refractivity contribution is 5.46. The van der Waals surface area contributed by atoms with Crippen molar-refractivity contribution in [2.24, 2.45) is 0 Å². The van der Waals surface area contributed by atoms with E-state index in [9.17, 15) is 0 Å². The van der Waals surface area contributed by atoms with E-state index >= 15 is 0 Å². The Morgan fingerprint density at radius 3 is 2.67 bits per heavy atom. The molecule has 2 aromatic rings. The van der Waals surface area contributed by atoms with Crippen LogP contribution in [0, 0.1) is 6.92 Å². The lowest BCUT2D eigenvalue weighted by Gasteiger charge is -2.14. The lowest BCUT2D eigenvalue weighted by Crippen LogP contribution is -2.14. The molecule has 0 unspecified atom stereocenters. The first kappa shape index (κ1) is 15.3. The number of ether oxygens (including phenoxy) is 2. The summed E-state index contributed by atoms with van der Waals surface area (Å²) in [7, 11) is 1.67. The average molecular weight is 286 g/mol. The molecule has 4 heteroatoms. The van der Waals surface area contributed by atoms with Crippen LogP contribution in [0.1, 0.15) is 23.6 Å². The van der Waals surface area contributed by atoms with E-state index in [1.807, 2.05) is 43.6 Å². The summed E-state index contributed by atoms with van der Waals surface area (Å²) in [6.45, 7) is 6.20. The molecule has 0 spiro atoms. The SMILES string of the molecule is CCOc1cccc(CNCc2ccncc2C)c1OC. The van der Waals surface area contributed by atoms with Crippen molar-refractivity contribution in [2.45, 2.75) is 26.9 Å². The van der Waals surface area contributed by atoms with Gasteiger partial charge in [-0.25, -0.2) is 0 Å². The van der Waals surface area contributed by atoms with Gasteiger partial charge in [0.25, 0.3) is 0 Å². The van der Waals surface area contributed by atoms with Gasteiger partial charge in [0.15, 0.2) is 11.5 Å². The van der Waals surface area contributed by atoms with Crippen LogP contribution in [0.25, 0.3) is 0 Å². The Labute approximate surface area is 126 Å². The minimum absolute atomic E-state index is 0.628. The molecule has 4 nitrogen and oxygen atoms in total. The molecule has 1 aromatic heterocycles. The van der Waals surface area contributed by atoms with Crippen molar-refractivity contribution in [3.63, 3.8) is 0 Å². The van der Waals surface area contributed by atoms with Crippen molar-refractivity contribution < 1.29 is 9.47 Å². The summed E-state index contributed by atoms with van der Waals surface area (Å²) >= 11 is 0. The van der Waals surface area contributed by atoms with Crippen LogP contribution in [-0.2, 0) is 13.1 Å². The largest absolute Gasteiger partial charge is 0.493 e. The van der Waals surface area contributed by atoms with Crippen LogP contribution in [0.15, 0.2) is 36.7 Å². The molecule has 0 radical (unpaired) electrons. The highest BCUT2D eigenvalue weighted by atomic mass is 16.5. The van der Waals surface area contributed by atoms with Gasteiger partial charge in [-0.15, -0.1) is 0 Å². The molecule has 1 N–H and O–H groups in total. The number of nitrogens with one attached hydrogen (secondary N) is 1. The van der Waals surface area contributed by atoms with Crippen molar-refractivity contribution in [1.29, 1.82) is 0 Å². The number of aryl methyl sites for hydroxylation is 1. The Bertz CT molecular complexity index is 585. The van der Waals surface area contributed by atoms with E-state index in [4.69, 9.17) is 9.47 Å². The minimum Gasteiger partial charge on any atom is -0.493 e. The van der Waals surface area contributed by atoms with Crippen LogP contribution >= 0.6 is 0 Å². The molecule has 0 aliphatic heterocycles. The van der Waals surface area contributed by atoms with Gasteiger partial charge in [-0.2, -0.15) is 0 Å². The molecule has 0 aliphatic carbocycles. The monoisotopic (exact) mass is 286 g/mol. The molecule has 21 heavy (non-hydrogen) atoms. The lowest BCUT2D eigenvalue weighted by atomic mass is 10.1. The van der Waals surface area contributed by atoms with E-state index in [1.54, 1.807) is 7.11 Å². The molecule has 0 saturated heterocycles. The van der Waals surface area contributed by atoms with Crippen LogP contribution in [0.5, 0.6) is 11.5 Å². The molecule has 0 fully saturated rings. The Morgan fingerprint density at radius 2 is 1.95 bits per heavy atom. The zero-order valence-corrected chi connectivity index (χ0v) is 12.8. The second-order valence-electron chi connectivity index (χ2n) is 4.79. The van der Waals surface area contributed by atoms with Gasteiger partial charge in [0.05, 0.1) is 13.7 Å². The molecule has 2 rings (SSSR count). The predicted octanol–water partition coefficient (Wildman–Crippen LogP) is 3.09. The van der Waals surface area contributed by atoms with Crippen molar-refractivity contribution in [2.75, 3.05) is 13.7 Å². The highest BCUT2D eigenvalue weighted by Crippen LogP contribution is 2.30. The van der Waals surface area contributed by atoms with Gasteiger partial charge < -0.3 is 14.8 Å². The van der Waals surface area contributed by atoms with Crippen LogP contribution < -0.4 is 14.8 Å².